The lowest BCUT2D eigenvalue weighted by atomic mass is 10.2. The van der Waals surface area contributed by atoms with E-state index in [1.165, 1.54) is 31.2 Å². The quantitative estimate of drug-likeness (QED) is 0.275. The molecular weight excluding hydrogens is 516 g/mol. The molecule has 0 radical (unpaired) electrons. The van der Waals surface area contributed by atoms with Gasteiger partial charge >= 0.3 is 5.97 Å². The Hall–Kier alpha value is -3.95. The molecule has 0 spiro atoms. The molecule has 1 amide bonds. The molecule has 39 heavy (non-hydrogen) atoms. The maximum atomic E-state index is 12.9. The summed E-state index contributed by atoms with van der Waals surface area (Å²) in [5.74, 6) is 0.162. The lowest BCUT2D eigenvalue weighted by molar-refractivity contribution is -0.148. The van der Waals surface area contributed by atoms with Gasteiger partial charge in [0.25, 0.3) is 5.91 Å². The van der Waals surface area contributed by atoms with E-state index in [-0.39, 0.29) is 4.90 Å². The van der Waals surface area contributed by atoms with Crippen molar-refractivity contribution >= 4 is 33.7 Å². The Morgan fingerprint density at radius 3 is 2.10 bits per heavy atom. The zero-order valence-corrected chi connectivity index (χ0v) is 22.6. The van der Waals surface area contributed by atoms with Crippen molar-refractivity contribution in [2.75, 3.05) is 18.4 Å². The Morgan fingerprint density at radius 2 is 1.46 bits per heavy atom. The number of ether oxygens (including phenoxy) is 2. The number of nitrogens with zero attached hydrogens (tertiary/aromatic N) is 1. The molecule has 1 heterocycles. The van der Waals surface area contributed by atoms with E-state index in [2.05, 4.69) is 5.32 Å². The fourth-order valence-electron chi connectivity index (χ4n) is 4.09. The summed E-state index contributed by atoms with van der Waals surface area (Å²) in [4.78, 5) is 25.0. The Kier molecular flexibility index (Phi) is 9.51. The van der Waals surface area contributed by atoms with Crippen LogP contribution in [0.2, 0.25) is 0 Å². The zero-order chi connectivity index (χ0) is 27.7. The first-order chi connectivity index (χ1) is 18.8. The number of esters is 1. The minimum atomic E-state index is -3.54. The molecule has 0 unspecified atom stereocenters. The first-order valence-corrected chi connectivity index (χ1v) is 14.4. The third-order valence-corrected chi connectivity index (χ3v) is 8.17. The predicted molar refractivity (Wildman–Crippen MR) is 150 cm³/mol. The second-order valence-corrected chi connectivity index (χ2v) is 11.2. The largest absolute Gasteiger partial charge is 0.457 e. The number of sulfonamides is 1. The van der Waals surface area contributed by atoms with Gasteiger partial charge in [0.05, 0.1) is 4.90 Å². The third-order valence-electron chi connectivity index (χ3n) is 6.26. The van der Waals surface area contributed by atoms with Gasteiger partial charge in [-0.25, -0.2) is 13.2 Å². The van der Waals surface area contributed by atoms with Gasteiger partial charge in [-0.2, -0.15) is 4.31 Å². The first kappa shape index (κ1) is 28.1. The van der Waals surface area contributed by atoms with E-state index in [0.29, 0.717) is 35.8 Å². The monoisotopic (exact) mass is 548 g/mol. The fraction of sp³-hybridized carbons (Fsp3) is 0.267. The summed E-state index contributed by atoms with van der Waals surface area (Å²) >= 11 is 0. The number of rotatable bonds is 9. The maximum absolute atomic E-state index is 12.9. The van der Waals surface area contributed by atoms with Crippen LogP contribution in [0.4, 0.5) is 5.69 Å². The molecule has 9 heteroatoms. The van der Waals surface area contributed by atoms with Crippen molar-refractivity contribution in [2.45, 2.75) is 43.6 Å². The standard InChI is InChI=1S/C30H32N2O6S/c1-23(30(34)31-25-14-16-27(17-15-25)38-26-9-5-4-6-10-26)37-29(33)20-13-24-11-18-28(19-12-24)39(35,36)32-21-7-2-3-8-22-32/h4-6,9-20,23H,2-3,7-8,21-22H2,1H3,(H,31,34)/b20-13+/t23-/m0/s1. The van der Waals surface area contributed by atoms with Gasteiger partial charge < -0.3 is 14.8 Å². The molecule has 4 rings (SSSR count). The molecule has 0 bridgehead atoms. The molecule has 1 N–H and O–H groups in total. The number of nitrogens with one attached hydrogen (secondary N) is 1. The molecule has 1 aliphatic rings. The van der Waals surface area contributed by atoms with Crippen LogP contribution in [0, 0.1) is 0 Å². The van der Waals surface area contributed by atoms with E-state index in [1.54, 1.807) is 40.7 Å². The van der Waals surface area contributed by atoms with Gasteiger partial charge in [-0.3, -0.25) is 4.79 Å². The Bertz CT molecular complexity index is 1380. The van der Waals surface area contributed by atoms with Gasteiger partial charge in [-0.05, 0) is 79.9 Å². The van der Waals surface area contributed by atoms with Crippen molar-refractivity contribution in [3.63, 3.8) is 0 Å². The summed E-state index contributed by atoms with van der Waals surface area (Å²) < 4.78 is 38.3. The SMILES string of the molecule is C[C@H](OC(=O)/C=C/c1ccc(S(=O)(=O)N2CCCCCC2)cc1)C(=O)Nc1ccc(Oc2ccccc2)cc1. The van der Waals surface area contributed by atoms with Crippen LogP contribution >= 0.6 is 0 Å². The van der Waals surface area contributed by atoms with E-state index in [4.69, 9.17) is 9.47 Å². The molecule has 3 aromatic rings. The van der Waals surface area contributed by atoms with Crippen LogP contribution in [-0.2, 0) is 24.3 Å². The van der Waals surface area contributed by atoms with Crippen molar-refractivity contribution in [2.24, 2.45) is 0 Å². The summed E-state index contributed by atoms with van der Waals surface area (Å²) in [6.45, 7) is 2.56. The molecule has 0 aliphatic carbocycles. The highest BCUT2D eigenvalue weighted by atomic mass is 32.2. The average molecular weight is 549 g/mol. The number of benzene rings is 3. The molecule has 0 saturated carbocycles. The van der Waals surface area contributed by atoms with Gasteiger partial charge in [0.2, 0.25) is 10.0 Å². The van der Waals surface area contributed by atoms with Crippen molar-refractivity contribution < 1.29 is 27.5 Å². The van der Waals surface area contributed by atoms with Crippen LogP contribution in [0.15, 0.2) is 89.8 Å². The molecule has 1 saturated heterocycles. The fourth-order valence-corrected chi connectivity index (χ4v) is 5.61. The van der Waals surface area contributed by atoms with Gasteiger partial charge in [0, 0.05) is 24.9 Å². The number of hydrogen-bond donors (Lipinski definition) is 1. The third kappa shape index (κ3) is 8.02. The topological polar surface area (TPSA) is 102 Å². The van der Waals surface area contributed by atoms with Crippen LogP contribution in [0.1, 0.15) is 38.2 Å². The van der Waals surface area contributed by atoms with Crippen LogP contribution in [0.3, 0.4) is 0 Å². The minimum Gasteiger partial charge on any atom is -0.457 e. The number of anilines is 1. The van der Waals surface area contributed by atoms with E-state index in [9.17, 15) is 18.0 Å². The smallest absolute Gasteiger partial charge is 0.331 e. The van der Waals surface area contributed by atoms with Crippen LogP contribution in [-0.4, -0.2) is 43.8 Å². The van der Waals surface area contributed by atoms with Gasteiger partial charge in [0.1, 0.15) is 11.5 Å². The van der Waals surface area contributed by atoms with Crippen LogP contribution < -0.4 is 10.1 Å². The number of carbonyl (C=O) groups is 2. The molecule has 204 valence electrons. The molecule has 1 fully saturated rings. The van der Waals surface area contributed by atoms with Crippen LogP contribution in [0.25, 0.3) is 6.08 Å². The summed E-state index contributed by atoms with van der Waals surface area (Å²) in [5, 5.41) is 2.71. The number of carbonyl (C=O) groups excluding carboxylic acids is 2. The van der Waals surface area contributed by atoms with Crippen molar-refractivity contribution in [1.82, 2.24) is 4.31 Å². The van der Waals surface area contributed by atoms with Gasteiger partial charge in [0.15, 0.2) is 6.10 Å². The highest BCUT2D eigenvalue weighted by Gasteiger charge is 2.24. The Balaban J connectivity index is 1.26. The lowest BCUT2D eigenvalue weighted by Crippen LogP contribution is -2.31. The molecular formula is C30H32N2O6S. The normalized spacial score (nSPS) is 15.3. The van der Waals surface area contributed by atoms with E-state index in [0.717, 1.165) is 25.7 Å². The minimum absolute atomic E-state index is 0.231. The maximum Gasteiger partial charge on any atom is 0.331 e. The number of para-hydroxylation sites is 1. The molecule has 8 nitrogen and oxygen atoms in total. The summed E-state index contributed by atoms with van der Waals surface area (Å²) in [7, 11) is -3.54. The highest BCUT2D eigenvalue weighted by Crippen LogP contribution is 2.23. The number of amides is 1. The summed E-state index contributed by atoms with van der Waals surface area (Å²) in [5.41, 5.74) is 1.17. The second kappa shape index (κ2) is 13.2. The van der Waals surface area contributed by atoms with Crippen molar-refractivity contribution in [3.8, 4) is 11.5 Å². The Labute approximate surface area is 229 Å². The van der Waals surface area contributed by atoms with Gasteiger partial charge in [-0.15, -0.1) is 0 Å². The van der Waals surface area contributed by atoms with E-state index in [1.807, 2.05) is 30.3 Å². The van der Waals surface area contributed by atoms with E-state index < -0.39 is 28.0 Å². The molecule has 0 aromatic heterocycles. The second-order valence-electron chi connectivity index (χ2n) is 9.23. The van der Waals surface area contributed by atoms with E-state index >= 15 is 0 Å². The Morgan fingerprint density at radius 1 is 0.846 bits per heavy atom. The predicted octanol–water partition coefficient (Wildman–Crippen LogP) is 5.63. The molecule has 1 atom stereocenters. The molecule has 1 aliphatic heterocycles. The summed E-state index contributed by atoms with van der Waals surface area (Å²) in [6, 6.07) is 22.5. The van der Waals surface area contributed by atoms with Crippen molar-refractivity contribution in [3.05, 3.63) is 90.5 Å². The van der Waals surface area contributed by atoms with Gasteiger partial charge in [-0.1, -0.05) is 43.2 Å². The van der Waals surface area contributed by atoms with Crippen LogP contribution in [0.5, 0.6) is 11.5 Å². The lowest BCUT2D eigenvalue weighted by Gasteiger charge is -2.19. The first-order valence-electron chi connectivity index (χ1n) is 12.9. The number of hydrogen-bond acceptors (Lipinski definition) is 6. The zero-order valence-electron chi connectivity index (χ0n) is 21.8. The average Bonchev–Trinajstić information content (AvgIpc) is 3.24. The van der Waals surface area contributed by atoms with Crippen molar-refractivity contribution in [1.29, 1.82) is 0 Å². The highest BCUT2D eigenvalue weighted by molar-refractivity contribution is 7.89. The summed E-state index contributed by atoms with van der Waals surface area (Å²) in [6.07, 6.45) is 5.53. The molecule has 3 aromatic carbocycles.